The normalized spacial score (nSPS) is 16.6. The molecule has 0 radical (unpaired) electrons. The van der Waals surface area contributed by atoms with Crippen molar-refractivity contribution in [2.24, 2.45) is 0 Å². The summed E-state index contributed by atoms with van der Waals surface area (Å²) >= 11 is 7.63. The molecule has 1 aliphatic heterocycles. The van der Waals surface area contributed by atoms with Crippen LogP contribution in [0, 0.1) is 0 Å². The summed E-state index contributed by atoms with van der Waals surface area (Å²) in [4.78, 5) is 13.5. The number of halogens is 1. The van der Waals surface area contributed by atoms with Crippen molar-refractivity contribution in [2.45, 2.75) is 17.1 Å². The summed E-state index contributed by atoms with van der Waals surface area (Å²) in [7, 11) is 0. The van der Waals surface area contributed by atoms with Crippen LogP contribution in [-0.4, -0.2) is 12.6 Å². The summed E-state index contributed by atoms with van der Waals surface area (Å²) in [6.45, 7) is 2.19. The molecule has 22 heavy (non-hydrogen) atoms. The second-order valence-corrected chi connectivity index (χ2v) is 6.49. The van der Waals surface area contributed by atoms with Crippen molar-refractivity contribution in [1.29, 1.82) is 0 Å². The molecule has 112 valence electrons. The van der Waals surface area contributed by atoms with Gasteiger partial charge >= 0.3 is 5.97 Å². The molecule has 0 spiro atoms. The fourth-order valence-electron chi connectivity index (χ4n) is 2.41. The third-order valence-electron chi connectivity index (χ3n) is 3.44. The number of rotatable bonds is 3. The number of esters is 1. The Morgan fingerprint density at radius 3 is 2.64 bits per heavy atom. The van der Waals surface area contributed by atoms with Crippen LogP contribution >= 0.6 is 23.4 Å². The van der Waals surface area contributed by atoms with Crippen molar-refractivity contribution in [3.8, 4) is 0 Å². The number of hydrogen-bond acceptors (Lipinski definition) is 3. The standard InChI is InChI=1S/C18H15ClO2S/c1-2-21-18(20)15-11-13-5-3-4-6-16(13)22-17(15)12-7-9-14(19)10-8-12/h3-11,17H,2H2,1H3/t17-/m1/s1. The van der Waals surface area contributed by atoms with Gasteiger partial charge in [-0.1, -0.05) is 41.9 Å². The van der Waals surface area contributed by atoms with Crippen LogP contribution in [0.25, 0.3) is 6.08 Å². The maximum atomic E-state index is 12.3. The van der Waals surface area contributed by atoms with Gasteiger partial charge in [-0.15, -0.1) is 11.8 Å². The Morgan fingerprint density at radius 2 is 1.91 bits per heavy atom. The van der Waals surface area contributed by atoms with Crippen LogP contribution in [0.15, 0.2) is 59.0 Å². The summed E-state index contributed by atoms with van der Waals surface area (Å²) in [5, 5.41) is 0.609. The molecular weight excluding hydrogens is 316 g/mol. The van der Waals surface area contributed by atoms with E-state index in [-0.39, 0.29) is 11.2 Å². The number of hydrogen-bond donors (Lipinski definition) is 0. The first kappa shape index (κ1) is 15.2. The Hall–Kier alpha value is -1.71. The first-order valence-electron chi connectivity index (χ1n) is 7.09. The van der Waals surface area contributed by atoms with E-state index in [1.807, 2.05) is 55.5 Å². The molecule has 0 saturated carbocycles. The van der Waals surface area contributed by atoms with E-state index in [0.717, 1.165) is 16.0 Å². The van der Waals surface area contributed by atoms with Gasteiger partial charge in [0.2, 0.25) is 0 Å². The molecule has 0 N–H and O–H groups in total. The Bertz CT molecular complexity index is 722. The van der Waals surface area contributed by atoms with Gasteiger partial charge in [0.05, 0.1) is 17.4 Å². The SMILES string of the molecule is CCOC(=O)C1=Cc2ccccc2S[C@@H]1c1ccc(Cl)cc1. The maximum absolute atomic E-state index is 12.3. The zero-order valence-electron chi connectivity index (χ0n) is 12.1. The van der Waals surface area contributed by atoms with Crippen molar-refractivity contribution < 1.29 is 9.53 Å². The van der Waals surface area contributed by atoms with E-state index in [4.69, 9.17) is 16.3 Å². The molecule has 1 atom stereocenters. The highest BCUT2D eigenvalue weighted by molar-refractivity contribution is 8.00. The highest BCUT2D eigenvalue weighted by Crippen LogP contribution is 2.47. The summed E-state index contributed by atoms with van der Waals surface area (Å²) in [6.07, 6.45) is 1.93. The van der Waals surface area contributed by atoms with Gasteiger partial charge < -0.3 is 4.74 Å². The predicted octanol–water partition coefficient (Wildman–Crippen LogP) is 5.13. The van der Waals surface area contributed by atoms with Crippen LogP contribution in [0.1, 0.15) is 23.3 Å². The molecule has 0 unspecified atom stereocenters. The van der Waals surface area contributed by atoms with Crippen LogP contribution in [0.5, 0.6) is 0 Å². The molecular formula is C18H15ClO2S. The van der Waals surface area contributed by atoms with Crippen LogP contribution in [0.4, 0.5) is 0 Å². The Balaban J connectivity index is 2.04. The topological polar surface area (TPSA) is 26.3 Å². The molecule has 4 heteroatoms. The van der Waals surface area contributed by atoms with E-state index in [9.17, 15) is 4.79 Å². The van der Waals surface area contributed by atoms with E-state index >= 15 is 0 Å². The molecule has 3 rings (SSSR count). The Morgan fingerprint density at radius 1 is 1.18 bits per heavy atom. The smallest absolute Gasteiger partial charge is 0.335 e. The van der Waals surface area contributed by atoms with E-state index in [2.05, 4.69) is 6.07 Å². The summed E-state index contributed by atoms with van der Waals surface area (Å²) in [5.74, 6) is -0.260. The van der Waals surface area contributed by atoms with E-state index in [1.165, 1.54) is 0 Å². The lowest BCUT2D eigenvalue weighted by molar-refractivity contribution is -0.138. The van der Waals surface area contributed by atoms with Crippen LogP contribution < -0.4 is 0 Å². The lowest BCUT2D eigenvalue weighted by Gasteiger charge is -2.24. The minimum absolute atomic E-state index is 0.0776. The van der Waals surface area contributed by atoms with Gasteiger partial charge in [-0.05, 0) is 42.3 Å². The highest BCUT2D eigenvalue weighted by atomic mass is 35.5. The maximum Gasteiger partial charge on any atom is 0.335 e. The molecule has 0 amide bonds. The van der Waals surface area contributed by atoms with Crippen molar-refractivity contribution in [1.82, 2.24) is 0 Å². The van der Waals surface area contributed by atoms with Gasteiger partial charge in [0.1, 0.15) is 0 Å². The summed E-state index contributed by atoms with van der Waals surface area (Å²) in [5.41, 5.74) is 2.77. The highest BCUT2D eigenvalue weighted by Gasteiger charge is 2.29. The summed E-state index contributed by atoms with van der Waals surface area (Å²) < 4.78 is 5.23. The van der Waals surface area contributed by atoms with Gasteiger partial charge in [-0.2, -0.15) is 0 Å². The van der Waals surface area contributed by atoms with Gasteiger partial charge in [-0.3, -0.25) is 0 Å². The lowest BCUT2D eigenvalue weighted by Crippen LogP contribution is -2.15. The number of carbonyl (C=O) groups excluding carboxylic acids is 1. The van der Waals surface area contributed by atoms with Gasteiger partial charge in [0.15, 0.2) is 0 Å². The quantitative estimate of drug-likeness (QED) is 0.729. The largest absolute Gasteiger partial charge is 0.463 e. The second-order valence-electron chi connectivity index (χ2n) is 4.91. The zero-order chi connectivity index (χ0) is 15.5. The zero-order valence-corrected chi connectivity index (χ0v) is 13.7. The number of carbonyl (C=O) groups is 1. The molecule has 1 heterocycles. The van der Waals surface area contributed by atoms with Crippen molar-refractivity contribution in [2.75, 3.05) is 6.61 Å². The van der Waals surface area contributed by atoms with Crippen molar-refractivity contribution in [3.05, 3.63) is 70.3 Å². The molecule has 0 fully saturated rings. The number of ether oxygens (including phenoxy) is 1. The fraction of sp³-hybridized carbons (Fsp3) is 0.167. The molecule has 0 aliphatic carbocycles. The molecule has 0 aromatic heterocycles. The van der Waals surface area contributed by atoms with Crippen LogP contribution in [-0.2, 0) is 9.53 Å². The van der Waals surface area contributed by atoms with Crippen molar-refractivity contribution >= 4 is 35.4 Å². The number of thioether (sulfide) groups is 1. The monoisotopic (exact) mass is 330 g/mol. The minimum Gasteiger partial charge on any atom is -0.463 e. The van der Waals surface area contributed by atoms with Gasteiger partial charge in [0.25, 0.3) is 0 Å². The minimum atomic E-state index is -0.260. The molecule has 0 saturated heterocycles. The van der Waals surface area contributed by atoms with E-state index in [0.29, 0.717) is 17.2 Å². The predicted molar refractivity (Wildman–Crippen MR) is 91.1 cm³/mol. The molecule has 2 aromatic rings. The first-order valence-corrected chi connectivity index (χ1v) is 8.34. The fourth-order valence-corrected chi connectivity index (χ4v) is 3.79. The average Bonchev–Trinajstić information content (AvgIpc) is 2.54. The molecule has 2 nitrogen and oxygen atoms in total. The van der Waals surface area contributed by atoms with Crippen LogP contribution in [0.2, 0.25) is 5.02 Å². The van der Waals surface area contributed by atoms with E-state index in [1.54, 1.807) is 11.8 Å². The number of benzene rings is 2. The Labute approximate surface area is 139 Å². The van der Waals surface area contributed by atoms with E-state index < -0.39 is 0 Å². The number of fused-ring (bicyclic) bond motifs is 1. The second kappa shape index (κ2) is 6.59. The molecule has 2 aromatic carbocycles. The van der Waals surface area contributed by atoms with Gasteiger partial charge in [-0.25, -0.2) is 4.79 Å². The molecule has 0 bridgehead atoms. The summed E-state index contributed by atoms with van der Waals surface area (Å²) in [6, 6.07) is 15.7. The van der Waals surface area contributed by atoms with Crippen LogP contribution in [0.3, 0.4) is 0 Å². The third kappa shape index (κ3) is 3.06. The Kier molecular flexibility index (Phi) is 4.55. The van der Waals surface area contributed by atoms with Crippen molar-refractivity contribution in [3.63, 3.8) is 0 Å². The average molecular weight is 331 g/mol. The van der Waals surface area contributed by atoms with Gasteiger partial charge in [0, 0.05) is 9.92 Å². The third-order valence-corrected chi connectivity index (χ3v) is 5.08. The lowest BCUT2D eigenvalue weighted by atomic mass is 10.0. The first-order chi connectivity index (χ1) is 10.7. The molecule has 1 aliphatic rings.